The van der Waals surface area contributed by atoms with Crippen molar-refractivity contribution in [3.8, 4) is 0 Å². The smallest absolute Gasteiger partial charge is 0.0834 e. The summed E-state index contributed by atoms with van der Waals surface area (Å²) in [6.45, 7) is 0. The summed E-state index contributed by atoms with van der Waals surface area (Å²) in [6.07, 6.45) is 4.47. The quantitative estimate of drug-likeness (QED) is 0.421. The van der Waals surface area contributed by atoms with E-state index < -0.39 is 0 Å². The summed E-state index contributed by atoms with van der Waals surface area (Å²) < 4.78 is 0. The van der Waals surface area contributed by atoms with E-state index in [9.17, 15) is 0 Å². The molecule has 2 aliphatic heterocycles. The average Bonchev–Trinajstić information content (AvgIpc) is 2.35. The largest absolute Gasteiger partial charge is 0.131 e. The van der Waals surface area contributed by atoms with Gasteiger partial charge in [0.2, 0.25) is 0 Å². The van der Waals surface area contributed by atoms with Crippen molar-refractivity contribution < 1.29 is 0 Å². The maximum absolute atomic E-state index is 3.75. The highest BCUT2D eigenvalue weighted by molar-refractivity contribution is 9.09. The van der Waals surface area contributed by atoms with E-state index in [1.807, 2.05) is 0 Å². The topological polar surface area (TPSA) is 0 Å². The summed E-state index contributed by atoms with van der Waals surface area (Å²) >= 11 is 3.75. The van der Waals surface area contributed by atoms with Gasteiger partial charge in [-0.05, 0) is 17.3 Å². The third kappa shape index (κ3) is 1.05. The molecule has 0 aromatic carbocycles. The van der Waals surface area contributed by atoms with Gasteiger partial charge >= 0.3 is 0 Å². The van der Waals surface area contributed by atoms with Crippen molar-refractivity contribution in [2.24, 2.45) is 0 Å². The van der Waals surface area contributed by atoms with Crippen LogP contribution >= 0.6 is 15.9 Å². The molecule has 2 heteroatoms. The molecule has 0 nitrogen and oxygen atoms in total. The van der Waals surface area contributed by atoms with Crippen molar-refractivity contribution in [2.75, 3.05) is 11.5 Å². The standard InChI is InChI=1S/C7H12BrS/c8-6-3-5-9-4-1-2-7(6)9/h6-7H,1-5H2/q+1/t6-,7-,9?/m1/s1. The van der Waals surface area contributed by atoms with Crippen LogP contribution in [0.1, 0.15) is 19.3 Å². The van der Waals surface area contributed by atoms with Gasteiger partial charge in [0.15, 0.2) is 0 Å². The highest BCUT2D eigenvalue weighted by atomic mass is 79.9. The lowest BCUT2D eigenvalue weighted by Gasteiger charge is -2.01. The van der Waals surface area contributed by atoms with Gasteiger partial charge in [-0.3, -0.25) is 0 Å². The van der Waals surface area contributed by atoms with E-state index >= 15 is 0 Å². The minimum Gasteiger partial charge on any atom is -0.0834 e. The van der Waals surface area contributed by atoms with Gasteiger partial charge in [0.05, 0.1) is 4.83 Å². The van der Waals surface area contributed by atoms with Crippen LogP contribution in [0.5, 0.6) is 0 Å². The molecule has 52 valence electrons. The van der Waals surface area contributed by atoms with Crippen LogP contribution in [-0.2, 0) is 10.9 Å². The van der Waals surface area contributed by atoms with Gasteiger partial charge in [-0.15, -0.1) is 0 Å². The van der Waals surface area contributed by atoms with Gasteiger partial charge < -0.3 is 0 Å². The second-order valence-corrected chi connectivity index (χ2v) is 6.60. The predicted molar refractivity (Wildman–Crippen MR) is 47.5 cm³/mol. The number of hydrogen-bond donors (Lipinski definition) is 0. The molecular weight excluding hydrogens is 196 g/mol. The predicted octanol–water partition coefficient (Wildman–Crippen LogP) is 1.93. The number of rotatable bonds is 0. The number of fused-ring (bicyclic) bond motifs is 1. The van der Waals surface area contributed by atoms with Crippen LogP contribution < -0.4 is 0 Å². The van der Waals surface area contributed by atoms with Crippen LogP contribution in [0.15, 0.2) is 0 Å². The first-order chi connectivity index (χ1) is 4.38. The zero-order chi connectivity index (χ0) is 6.27. The molecule has 0 spiro atoms. The average molecular weight is 208 g/mol. The lowest BCUT2D eigenvalue weighted by atomic mass is 10.2. The molecular formula is C7H12BrS+. The normalized spacial score (nSPS) is 49.7. The first-order valence-corrected chi connectivity index (χ1v) is 6.22. The summed E-state index contributed by atoms with van der Waals surface area (Å²) in [5, 5.41) is 1.09. The Labute approximate surface area is 67.9 Å². The van der Waals surface area contributed by atoms with E-state index in [2.05, 4.69) is 15.9 Å². The number of halogens is 1. The fourth-order valence-electron chi connectivity index (χ4n) is 1.88. The van der Waals surface area contributed by atoms with E-state index in [-0.39, 0.29) is 0 Å². The Morgan fingerprint density at radius 3 is 2.89 bits per heavy atom. The van der Waals surface area contributed by atoms with Crippen LogP contribution in [0.25, 0.3) is 0 Å². The lowest BCUT2D eigenvalue weighted by Crippen LogP contribution is -2.16. The molecule has 0 aromatic rings. The molecule has 0 N–H and O–H groups in total. The first kappa shape index (κ1) is 6.53. The first-order valence-electron chi connectivity index (χ1n) is 3.68. The van der Waals surface area contributed by atoms with Crippen LogP contribution in [0.2, 0.25) is 0 Å². The van der Waals surface area contributed by atoms with Crippen molar-refractivity contribution in [3.05, 3.63) is 0 Å². The summed E-state index contributed by atoms with van der Waals surface area (Å²) in [6, 6.07) is 0. The van der Waals surface area contributed by atoms with Crippen molar-refractivity contribution in [1.82, 2.24) is 0 Å². The van der Waals surface area contributed by atoms with Crippen LogP contribution in [0.4, 0.5) is 0 Å². The van der Waals surface area contributed by atoms with Gasteiger partial charge in [-0.1, -0.05) is 15.9 Å². The summed E-state index contributed by atoms with van der Waals surface area (Å²) in [4.78, 5) is 0.892. The monoisotopic (exact) mass is 207 g/mol. The molecule has 9 heavy (non-hydrogen) atoms. The molecule has 3 atom stereocenters. The lowest BCUT2D eigenvalue weighted by molar-refractivity contribution is 0.747. The zero-order valence-corrected chi connectivity index (χ0v) is 7.88. The second kappa shape index (κ2) is 2.46. The molecule has 0 saturated carbocycles. The maximum atomic E-state index is 3.75. The third-order valence-corrected chi connectivity index (χ3v) is 6.82. The van der Waals surface area contributed by atoms with Gasteiger partial charge in [-0.2, -0.15) is 0 Å². The number of hydrogen-bond acceptors (Lipinski definition) is 0. The second-order valence-electron chi connectivity index (χ2n) is 2.93. The van der Waals surface area contributed by atoms with Crippen molar-refractivity contribution in [2.45, 2.75) is 29.3 Å². The molecule has 2 aliphatic rings. The van der Waals surface area contributed by atoms with E-state index in [1.54, 1.807) is 5.75 Å². The van der Waals surface area contributed by atoms with E-state index in [0.717, 1.165) is 21.0 Å². The van der Waals surface area contributed by atoms with Crippen LogP contribution in [0.3, 0.4) is 0 Å². The van der Waals surface area contributed by atoms with Crippen molar-refractivity contribution in [1.29, 1.82) is 0 Å². The third-order valence-electron chi connectivity index (χ3n) is 2.38. The SMILES string of the molecule is Br[C@@H]1CC[S+]2CCC[C@H]12. The minimum atomic E-state index is 0.855. The van der Waals surface area contributed by atoms with Gasteiger partial charge in [0, 0.05) is 12.8 Å². The molecule has 0 aromatic heterocycles. The van der Waals surface area contributed by atoms with Crippen LogP contribution in [-0.4, -0.2) is 21.6 Å². The molecule has 2 rings (SSSR count). The van der Waals surface area contributed by atoms with E-state index in [1.165, 1.54) is 25.0 Å². The summed E-state index contributed by atoms with van der Waals surface area (Å²) in [5.41, 5.74) is 0. The maximum Gasteiger partial charge on any atom is 0.131 e. The molecule has 0 bridgehead atoms. The Bertz CT molecular complexity index is 115. The highest BCUT2D eigenvalue weighted by Crippen LogP contribution is 2.36. The molecule has 0 aliphatic carbocycles. The molecule has 1 unspecified atom stereocenters. The Balaban J connectivity index is 2.07. The summed E-state index contributed by atoms with van der Waals surface area (Å²) in [7, 11) is 0.855. The van der Waals surface area contributed by atoms with Crippen molar-refractivity contribution >= 4 is 26.8 Å². The minimum absolute atomic E-state index is 0.855. The van der Waals surface area contributed by atoms with Crippen molar-refractivity contribution in [3.63, 3.8) is 0 Å². The molecule has 2 fully saturated rings. The van der Waals surface area contributed by atoms with E-state index in [4.69, 9.17) is 0 Å². The fourth-order valence-corrected chi connectivity index (χ4v) is 6.55. The Kier molecular flexibility index (Phi) is 1.79. The Morgan fingerprint density at radius 1 is 1.22 bits per heavy atom. The van der Waals surface area contributed by atoms with E-state index in [0.29, 0.717) is 0 Å². The fraction of sp³-hybridized carbons (Fsp3) is 1.00. The number of alkyl halides is 1. The Hall–Kier alpha value is 0.830. The van der Waals surface area contributed by atoms with Gasteiger partial charge in [0.1, 0.15) is 16.8 Å². The molecule has 0 amide bonds. The highest BCUT2D eigenvalue weighted by Gasteiger charge is 2.46. The summed E-state index contributed by atoms with van der Waals surface area (Å²) in [5.74, 6) is 3.08. The molecule has 2 heterocycles. The van der Waals surface area contributed by atoms with Gasteiger partial charge in [0.25, 0.3) is 0 Å². The zero-order valence-electron chi connectivity index (χ0n) is 5.48. The van der Waals surface area contributed by atoms with Crippen LogP contribution in [0, 0.1) is 0 Å². The Morgan fingerprint density at radius 2 is 2.11 bits per heavy atom. The molecule has 2 saturated heterocycles. The van der Waals surface area contributed by atoms with Gasteiger partial charge in [-0.25, -0.2) is 0 Å². The molecule has 0 radical (unpaired) electrons.